The molecule has 0 bridgehead atoms. The van der Waals surface area contributed by atoms with Crippen molar-refractivity contribution in [2.24, 2.45) is 5.92 Å². The van der Waals surface area contributed by atoms with E-state index >= 15 is 0 Å². The van der Waals surface area contributed by atoms with Crippen LogP contribution in [0.5, 0.6) is 0 Å². The van der Waals surface area contributed by atoms with Crippen molar-refractivity contribution in [1.82, 2.24) is 5.48 Å². The first-order chi connectivity index (χ1) is 7.70. The molecule has 2 nitrogen and oxygen atoms in total. The zero-order valence-electron chi connectivity index (χ0n) is 9.76. The molecule has 1 saturated heterocycles. The molecule has 1 aromatic rings. The van der Waals surface area contributed by atoms with Crippen LogP contribution in [-0.4, -0.2) is 6.61 Å². The highest BCUT2D eigenvalue weighted by Gasteiger charge is 2.28. The second-order valence-corrected chi connectivity index (χ2v) is 3.93. The van der Waals surface area contributed by atoms with E-state index in [0.29, 0.717) is 12.2 Å². The average molecular weight is 246 g/mol. The predicted molar refractivity (Wildman–Crippen MR) is 63.8 cm³/mol. The SMILES string of the molecule is CC.C[C@H]1CONC1c1cccc(Cl)c1F. The molecule has 1 aliphatic rings. The molecule has 0 spiro atoms. The molecule has 4 heteroatoms. The first-order valence-electron chi connectivity index (χ1n) is 5.51. The summed E-state index contributed by atoms with van der Waals surface area (Å²) in [5.74, 6) is -0.105. The minimum absolute atomic E-state index is 0.103. The monoisotopic (exact) mass is 245 g/mol. The standard InChI is InChI=1S/C10H11ClFNO.C2H6/c1-6-5-14-13-10(6)7-3-2-4-8(11)9(7)12;1-2/h2-4,6,10,13H,5H2,1H3;1-2H3/t6-,10?;/m0./s1. The van der Waals surface area contributed by atoms with Gasteiger partial charge >= 0.3 is 0 Å². The fourth-order valence-electron chi connectivity index (χ4n) is 1.61. The summed E-state index contributed by atoms with van der Waals surface area (Å²) in [6, 6.07) is 4.91. The number of rotatable bonds is 1. The molecule has 0 aliphatic carbocycles. The smallest absolute Gasteiger partial charge is 0.146 e. The molecule has 0 amide bonds. The van der Waals surface area contributed by atoms with Gasteiger partial charge in [-0.15, -0.1) is 0 Å². The van der Waals surface area contributed by atoms with E-state index in [-0.39, 0.29) is 22.8 Å². The molecule has 1 heterocycles. The Balaban J connectivity index is 0.000000606. The third-order valence-corrected chi connectivity index (χ3v) is 2.73. The van der Waals surface area contributed by atoms with Crippen molar-refractivity contribution in [3.63, 3.8) is 0 Å². The second kappa shape index (κ2) is 6.18. The summed E-state index contributed by atoms with van der Waals surface area (Å²) in [5, 5.41) is 0.156. The number of hydrogen-bond acceptors (Lipinski definition) is 2. The Morgan fingerprint density at radius 1 is 1.44 bits per heavy atom. The average Bonchev–Trinajstić information content (AvgIpc) is 2.72. The van der Waals surface area contributed by atoms with Gasteiger partial charge in [-0.05, 0) is 6.07 Å². The normalized spacial score (nSPS) is 23.8. The van der Waals surface area contributed by atoms with Gasteiger partial charge in [0.15, 0.2) is 0 Å². The van der Waals surface area contributed by atoms with Gasteiger partial charge in [0.1, 0.15) is 5.82 Å². The molecule has 1 unspecified atom stereocenters. The van der Waals surface area contributed by atoms with Gasteiger partial charge in [0.25, 0.3) is 0 Å². The quantitative estimate of drug-likeness (QED) is 0.814. The molecule has 0 radical (unpaired) electrons. The van der Waals surface area contributed by atoms with Crippen molar-refractivity contribution in [3.8, 4) is 0 Å². The highest BCUT2D eigenvalue weighted by atomic mass is 35.5. The van der Waals surface area contributed by atoms with E-state index in [4.69, 9.17) is 16.4 Å². The minimum atomic E-state index is -0.357. The van der Waals surface area contributed by atoms with Gasteiger partial charge in [0, 0.05) is 11.5 Å². The van der Waals surface area contributed by atoms with Crippen LogP contribution >= 0.6 is 11.6 Å². The highest BCUT2D eigenvalue weighted by Crippen LogP contribution is 2.30. The van der Waals surface area contributed by atoms with E-state index in [1.165, 1.54) is 0 Å². The lowest BCUT2D eigenvalue weighted by molar-refractivity contribution is 0.0860. The van der Waals surface area contributed by atoms with Crippen LogP contribution in [0.2, 0.25) is 5.02 Å². The Morgan fingerprint density at radius 3 is 2.69 bits per heavy atom. The third kappa shape index (κ3) is 2.73. The zero-order valence-corrected chi connectivity index (χ0v) is 10.5. The molecular weight excluding hydrogens is 229 g/mol. The number of benzene rings is 1. The lowest BCUT2D eigenvalue weighted by Gasteiger charge is -2.14. The maximum atomic E-state index is 13.6. The van der Waals surface area contributed by atoms with E-state index < -0.39 is 0 Å². The summed E-state index contributed by atoms with van der Waals surface area (Å²) in [6.45, 7) is 6.60. The Morgan fingerprint density at radius 2 is 2.12 bits per heavy atom. The molecule has 16 heavy (non-hydrogen) atoms. The van der Waals surface area contributed by atoms with Crippen molar-refractivity contribution in [3.05, 3.63) is 34.6 Å². The van der Waals surface area contributed by atoms with Crippen LogP contribution in [0.3, 0.4) is 0 Å². The molecule has 90 valence electrons. The summed E-state index contributed by atoms with van der Waals surface area (Å²) in [5.41, 5.74) is 3.36. The number of hydrogen-bond donors (Lipinski definition) is 1. The molecule has 0 saturated carbocycles. The molecule has 1 N–H and O–H groups in total. The van der Waals surface area contributed by atoms with Crippen molar-refractivity contribution in [2.45, 2.75) is 26.8 Å². The first-order valence-corrected chi connectivity index (χ1v) is 5.89. The van der Waals surface area contributed by atoms with Crippen LogP contribution < -0.4 is 5.48 Å². The van der Waals surface area contributed by atoms with Crippen molar-refractivity contribution >= 4 is 11.6 Å². The van der Waals surface area contributed by atoms with Crippen LogP contribution in [0, 0.1) is 11.7 Å². The van der Waals surface area contributed by atoms with Gasteiger partial charge in [0.2, 0.25) is 0 Å². The van der Waals surface area contributed by atoms with Crippen molar-refractivity contribution in [1.29, 1.82) is 0 Å². The zero-order chi connectivity index (χ0) is 12.1. The second-order valence-electron chi connectivity index (χ2n) is 3.53. The van der Waals surface area contributed by atoms with Crippen LogP contribution in [0.15, 0.2) is 18.2 Å². The first kappa shape index (κ1) is 13.4. The maximum Gasteiger partial charge on any atom is 0.146 e. The molecule has 0 aromatic heterocycles. The van der Waals surface area contributed by atoms with Gasteiger partial charge in [-0.2, -0.15) is 5.48 Å². The summed E-state index contributed by atoms with van der Waals surface area (Å²) in [7, 11) is 0. The van der Waals surface area contributed by atoms with Crippen LogP contribution in [-0.2, 0) is 4.84 Å². The fourth-order valence-corrected chi connectivity index (χ4v) is 1.79. The van der Waals surface area contributed by atoms with Crippen LogP contribution in [0.25, 0.3) is 0 Å². The van der Waals surface area contributed by atoms with Crippen molar-refractivity contribution < 1.29 is 9.23 Å². The van der Waals surface area contributed by atoms with E-state index in [9.17, 15) is 4.39 Å². The summed E-state index contributed by atoms with van der Waals surface area (Å²) >= 11 is 5.70. The predicted octanol–water partition coefficient (Wildman–Crippen LogP) is 3.72. The lowest BCUT2D eigenvalue weighted by atomic mass is 9.96. The minimum Gasteiger partial charge on any atom is -0.301 e. The van der Waals surface area contributed by atoms with Gasteiger partial charge in [0.05, 0.1) is 17.7 Å². The van der Waals surface area contributed by atoms with Gasteiger partial charge in [-0.3, -0.25) is 0 Å². The van der Waals surface area contributed by atoms with E-state index in [1.54, 1.807) is 18.2 Å². The van der Waals surface area contributed by atoms with Crippen LogP contribution in [0.1, 0.15) is 32.4 Å². The fraction of sp³-hybridized carbons (Fsp3) is 0.500. The van der Waals surface area contributed by atoms with E-state index in [1.807, 2.05) is 20.8 Å². The highest BCUT2D eigenvalue weighted by molar-refractivity contribution is 6.30. The molecule has 1 aliphatic heterocycles. The molecule has 1 aromatic carbocycles. The summed E-state index contributed by atoms with van der Waals surface area (Å²) in [6.07, 6.45) is 0. The topological polar surface area (TPSA) is 21.3 Å². The lowest BCUT2D eigenvalue weighted by Crippen LogP contribution is -2.17. The van der Waals surface area contributed by atoms with Gasteiger partial charge < -0.3 is 4.84 Å². The largest absolute Gasteiger partial charge is 0.301 e. The van der Waals surface area contributed by atoms with Crippen LogP contribution in [0.4, 0.5) is 4.39 Å². The Hall–Kier alpha value is -0.640. The number of hydroxylamine groups is 1. The summed E-state index contributed by atoms with van der Waals surface area (Å²) < 4.78 is 13.6. The van der Waals surface area contributed by atoms with Gasteiger partial charge in [-0.1, -0.05) is 44.5 Å². The molecule has 1 fully saturated rings. The maximum absolute atomic E-state index is 13.6. The van der Waals surface area contributed by atoms with Crippen molar-refractivity contribution in [2.75, 3.05) is 6.61 Å². The Bertz CT molecular complexity index is 346. The van der Waals surface area contributed by atoms with E-state index in [2.05, 4.69) is 5.48 Å². The molecule has 2 rings (SSSR count). The Labute approximate surface area is 101 Å². The molecular formula is C12H17ClFNO. The Kier molecular flexibility index (Phi) is 5.19. The number of halogens is 2. The number of nitrogens with one attached hydrogen (secondary N) is 1. The summed E-state index contributed by atoms with van der Waals surface area (Å²) in [4.78, 5) is 5.06. The van der Waals surface area contributed by atoms with E-state index in [0.717, 1.165) is 0 Å². The van der Waals surface area contributed by atoms with Gasteiger partial charge in [-0.25, -0.2) is 4.39 Å². The molecule has 2 atom stereocenters. The third-order valence-electron chi connectivity index (χ3n) is 2.44.